The molecule has 3 aromatic carbocycles. The lowest BCUT2D eigenvalue weighted by molar-refractivity contribution is 0.118. The van der Waals surface area contributed by atoms with Crippen LogP contribution >= 0.6 is 11.6 Å². The Bertz CT molecular complexity index is 950. The first-order valence-electron chi connectivity index (χ1n) is 11.3. The summed E-state index contributed by atoms with van der Waals surface area (Å²) in [6.45, 7) is 9.03. The number of phenols is 1. The van der Waals surface area contributed by atoms with Crippen LogP contribution in [0.4, 0.5) is 0 Å². The zero-order chi connectivity index (χ0) is 25.5. The van der Waals surface area contributed by atoms with Crippen molar-refractivity contribution in [3.63, 3.8) is 0 Å². The largest absolute Gasteiger partial charge is 0.508 e. The van der Waals surface area contributed by atoms with Crippen molar-refractivity contribution in [3.8, 4) is 11.5 Å². The van der Waals surface area contributed by atoms with E-state index in [2.05, 4.69) is 56.6 Å². The number of nitrogens with two attached hydrogens (primary N) is 1. The number of ether oxygens (including phenoxy) is 1. The lowest BCUT2D eigenvalue weighted by Crippen LogP contribution is -2.01. The quantitative estimate of drug-likeness (QED) is 0.268. The second-order valence-electron chi connectivity index (χ2n) is 8.21. The number of aliphatic hydroxyl groups is 1. The molecule has 3 rings (SSSR count). The number of phenolic OH excluding ortho intramolecular Hbond substituents is 1. The Morgan fingerprint density at radius 2 is 1.59 bits per heavy atom. The number of halogens is 1. The molecule has 0 saturated heterocycles. The van der Waals surface area contributed by atoms with Crippen LogP contribution in [0.25, 0.3) is 0 Å². The Labute approximate surface area is 209 Å². The van der Waals surface area contributed by atoms with Gasteiger partial charge in [0.1, 0.15) is 11.5 Å². The van der Waals surface area contributed by atoms with Gasteiger partial charge in [0, 0.05) is 11.6 Å². The molecule has 0 bridgehead atoms. The van der Waals surface area contributed by atoms with Gasteiger partial charge < -0.3 is 19.8 Å². The number of aromatic hydroxyl groups is 1. The van der Waals surface area contributed by atoms with Gasteiger partial charge in [-0.15, -0.1) is 0 Å². The molecule has 0 heterocycles. The van der Waals surface area contributed by atoms with E-state index in [1.165, 1.54) is 22.3 Å². The molecule has 186 valence electrons. The number of methoxy groups -OCH3 is 1. The third-order valence-corrected chi connectivity index (χ3v) is 5.41. The van der Waals surface area contributed by atoms with Gasteiger partial charge in [-0.3, -0.25) is 0 Å². The Kier molecular flexibility index (Phi) is 14.0. The predicted octanol–water partition coefficient (Wildman–Crippen LogP) is 6.33. The molecule has 0 amide bonds. The average molecular weight is 488 g/mol. The summed E-state index contributed by atoms with van der Waals surface area (Å²) in [6, 6.07) is 19.5. The Hall–Kier alpha value is -2.57. The fourth-order valence-corrected chi connectivity index (χ4v) is 3.44. The molecule has 0 unspecified atom stereocenters. The van der Waals surface area contributed by atoms with Gasteiger partial charge in [-0.05, 0) is 90.8 Å². The van der Waals surface area contributed by atoms with Gasteiger partial charge in [0.15, 0.2) is 0 Å². The summed E-state index contributed by atoms with van der Waals surface area (Å²) in [6.07, 6.45) is 1.50. The second-order valence-corrected chi connectivity index (χ2v) is 8.64. The van der Waals surface area contributed by atoms with E-state index in [0.29, 0.717) is 24.7 Å². The molecule has 0 atom stereocenters. The van der Waals surface area contributed by atoms with Gasteiger partial charge in [-0.2, -0.15) is 0 Å². The molecule has 4 N–H and O–H groups in total. The summed E-state index contributed by atoms with van der Waals surface area (Å²) in [5.74, 6) is 6.22. The van der Waals surface area contributed by atoms with E-state index in [1.807, 2.05) is 36.4 Å². The second kappa shape index (κ2) is 16.1. The van der Waals surface area contributed by atoms with Crippen molar-refractivity contribution < 1.29 is 19.8 Å². The van der Waals surface area contributed by atoms with Crippen LogP contribution in [-0.2, 0) is 11.3 Å². The van der Waals surface area contributed by atoms with Crippen LogP contribution in [0.15, 0.2) is 60.7 Å². The maximum atomic E-state index is 9.93. The average Bonchev–Trinajstić information content (AvgIpc) is 2.82. The molecule has 3 aromatic rings. The van der Waals surface area contributed by atoms with E-state index >= 15 is 0 Å². The number of hydrogen-bond donors (Lipinski definition) is 3. The van der Waals surface area contributed by atoms with Gasteiger partial charge in [0.2, 0.25) is 0 Å². The summed E-state index contributed by atoms with van der Waals surface area (Å²) in [5, 5.41) is 18.8. The van der Waals surface area contributed by atoms with Crippen molar-refractivity contribution in [2.45, 2.75) is 46.5 Å². The summed E-state index contributed by atoms with van der Waals surface area (Å²) in [5.41, 5.74) is 6.05. The van der Waals surface area contributed by atoms with Crippen LogP contribution in [0, 0.1) is 13.8 Å². The third-order valence-electron chi connectivity index (χ3n) is 5.15. The molecule has 0 radical (unpaired) electrons. The standard InChI is InChI=1S/C19H24O2.C6H5Cl.C3H9NO2/c1-12(2)17-10-15(6-7-19(17)20)11-18-13(3)8-16(21-5)9-14(18)4;7-6-4-2-1-3-5-6;4-6-3-1-2-5/h6-10,12,20H,11H2,1-5H3;1-5H;5H,1-4H2. The number of aryl methyl sites for hydroxylation is 2. The number of benzene rings is 3. The van der Waals surface area contributed by atoms with Gasteiger partial charge in [-0.25, -0.2) is 5.90 Å². The molecule has 0 aromatic heterocycles. The molecule has 0 fully saturated rings. The summed E-state index contributed by atoms with van der Waals surface area (Å²) >= 11 is 5.54. The maximum Gasteiger partial charge on any atom is 0.119 e. The highest BCUT2D eigenvalue weighted by atomic mass is 35.5. The first-order chi connectivity index (χ1) is 16.2. The highest BCUT2D eigenvalue weighted by molar-refractivity contribution is 6.30. The van der Waals surface area contributed by atoms with Crippen LogP contribution in [0.1, 0.15) is 54.0 Å². The minimum atomic E-state index is 0.150. The molecular weight excluding hydrogens is 450 g/mol. The minimum Gasteiger partial charge on any atom is -0.508 e. The van der Waals surface area contributed by atoms with Crippen molar-refractivity contribution >= 4 is 11.6 Å². The van der Waals surface area contributed by atoms with E-state index in [4.69, 9.17) is 21.4 Å². The number of aliphatic hydroxyl groups excluding tert-OH is 1. The monoisotopic (exact) mass is 487 g/mol. The lowest BCUT2D eigenvalue weighted by Gasteiger charge is -2.14. The normalized spacial score (nSPS) is 10.1. The van der Waals surface area contributed by atoms with Gasteiger partial charge in [-0.1, -0.05) is 55.8 Å². The highest BCUT2D eigenvalue weighted by Gasteiger charge is 2.10. The molecule has 0 saturated carbocycles. The number of rotatable bonds is 7. The molecular formula is C28H38ClNO4. The Morgan fingerprint density at radius 3 is 2.00 bits per heavy atom. The smallest absolute Gasteiger partial charge is 0.119 e. The Morgan fingerprint density at radius 1 is 0.971 bits per heavy atom. The van der Waals surface area contributed by atoms with Crippen LogP contribution < -0.4 is 10.6 Å². The SMILES string of the molecule is COc1cc(C)c(Cc2ccc(O)c(C(C)C)c2)c(C)c1.Clc1ccccc1.NOCCCO. The topological polar surface area (TPSA) is 84.9 Å². The highest BCUT2D eigenvalue weighted by Crippen LogP contribution is 2.29. The molecule has 34 heavy (non-hydrogen) atoms. The molecule has 0 spiro atoms. The molecule has 0 aliphatic heterocycles. The predicted molar refractivity (Wildman–Crippen MR) is 141 cm³/mol. The van der Waals surface area contributed by atoms with Gasteiger partial charge >= 0.3 is 0 Å². The van der Waals surface area contributed by atoms with Gasteiger partial charge in [0.25, 0.3) is 0 Å². The fraction of sp³-hybridized carbons (Fsp3) is 0.357. The van der Waals surface area contributed by atoms with Crippen LogP contribution in [-0.4, -0.2) is 30.5 Å². The lowest BCUT2D eigenvalue weighted by atomic mass is 9.93. The van der Waals surface area contributed by atoms with Crippen molar-refractivity contribution in [1.82, 2.24) is 0 Å². The zero-order valence-corrected chi connectivity index (χ0v) is 21.6. The minimum absolute atomic E-state index is 0.150. The van der Waals surface area contributed by atoms with Crippen LogP contribution in [0.3, 0.4) is 0 Å². The van der Waals surface area contributed by atoms with E-state index < -0.39 is 0 Å². The first kappa shape index (κ1) is 29.5. The summed E-state index contributed by atoms with van der Waals surface area (Å²) < 4.78 is 5.31. The van der Waals surface area contributed by atoms with E-state index in [9.17, 15) is 5.11 Å². The van der Waals surface area contributed by atoms with E-state index in [-0.39, 0.29) is 6.61 Å². The van der Waals surface area contributed by atoms with Crippen molar-refractivity contribution in [3.05, 3.63) is 93.5 Å². The van der Waals surface area contributed by atoms with Crippen molar-refractivity contribution in [2.24, 2.45) is 5.90 Å². The maximum absolute atomic E-state index is 9.93. The van der Waals surface area contributed by atoms with Crippen LogP contribution in [0.5, 0.6) is 11.5 Å². The third kappa shape index (κ3) is 10.6. The fourth-order valence-electron chi connectivity index (χ4n) is 3.29. The Balaban J connectivity index is 0.000000362. The summed E-state index contributed by atoms with van der Waals surface area (Å²) in [4.78, 5) is 4.12. The van der Waals surface area contributed by atoms with Crippen molar-refractivity contribution in [1.29, 1.82) is 0 Å². The van der Waals surface area contributed by atoms with Crippen molar-refractivity contribution in [2.75, 3.05) is 20.3 Å². The van der Waals surface area contributed by atoms with E-state index in [0.717, 1.165) is 22.8 Å². The molecule has 0 aliphatic rings. The van der Waals surface area contributed by atoms with Gasteiger partial charge in [0.05, 0.1) is 13.7 Å². The van der Waals surface area contributed by atoms with Crippen LogP contribution in [0.2, 0.25) is 5.02 Å². The number of hydrogen-bond acceptors (Lipinski definition) is 5. The first-order valence-corrected chi connectivity index (χ1v) is 11.7. The molecule has 6 heteroatoms. The molecule has 5 nitrogen and oxygen atoms in total. The summed E-state index contributed by atoms with van der Waals surface area (Å²) in [7, 11) is 1.70. The van der Waals surface area contributed by atoms with E-state index in [1.54, 1.807) is 13.2 Å². The molecule has 0 aliphatic carbocycles. The zero-order valence-electron chi connectivity index (χ0n) is 20.8.